The third-order valence-corrected chi connectivity index (χ3v) is 8.00. The van der Waals surface area contributed by atoms with Gasteiger partial charge in [-0.1, -0.05) is 96.5 Å². The molecule has 0 heterocycles. The number of carbonyl (C=O) groups excluding carboxylic acids is 3. The number of nitrogens with zero attached hydrogens (tertiary/aromatic N) is 2. The van der Waals surface area contributed by atoms with E-state index >= 15 is 0 Å². The number of amides is 2. The average Bonchev–Trinajstić information content (AvgIpc) is 3.05. The van der Waals surface area contributed by atoms with E-state index in [2.05, 4.69) is 5.32 Å². The number of allylic oxidation sites excluding steroid dienone is 2. The van der Waals surface area contributed by atoms with Gasteiger partial charge in [0.1, 0.15) is 0 Å². The van der Waals surface area contributed by atoms with Gasteiger partial charge in [0.05, 0.1) is 33.0 Å². The molecule has 0 saturated carbocycles. The van der Waals surface area contributed by atoms with Gasteiger partial charge in [-0.3, -0.25) is 24.5 Å². The van der Waals surface area contributed by atoms with Crippen LogP contribution in [0.1, 0.15) is 39.9 Å². The van der Waals surface area contributed by atoms with Crippen LogP contribution < -0.4 is 5.32 Å². The molecule has 9 heteroatoms. The summed E-state index contributed by atoms with van der Waals surface area (Å²) >= 11 is 6.26. The Labute approximate surface area is 260 Å². The number of ketones is 1. The Morgan fingerprint density at radius 3 is 1.93 bits per heavy atom. The van der Waals surface area contributed by atoms with Gasteiger partial charge in [0, 0.05) is 30.8 Å². The summed E-state index contributed by atoms with van der Waals surface area (Å²) in [5, 5.41) is 14.5. The molecule has 0 aromatic heterocycles. The fraction of sp³-hybridized carbons (Fsp3) is 0.171. The molecule has 0 aliphatic heterocycles. The summed E-state index contributed by atoms with van der Waals surface area (Å²) in [6.07, 6.45) is 4.49. The zero-order valence-corrected chi connectivity index (χ0v) is 24.5. The van der Waals surface area contributed by atoms with Gasteiger partial charge in [0.15, 0.2) is 5.78 Å². The molecule has 44 heavy (non-hydrogen) atoms. The highest BCUT2D eigenvalue weighted by Gasteiger charge is 2.37. The molecule has 0 fully saturated rings. The normalized spacial score (nSPS) is 15.8. The minimum Gasteiger partial charge on any atom is -0.334 e. The highest BCUT2D eigenvalue weighted by molar-refractivity contribution is 6.35. The maximum absolute atomic E-state index is 14.2. The predicted octanol–water partition coefficient (Wildman–Crippen LogP) is 7.23. The first-order valence-electron chi connectivity index (χ1n) is 14.2. The fourth-order valence-corrected chi connectivity index (χ4v) is 5.61. The number of hydrogen-bond acceptors (Lipinski definition) is 5. The Morgan fingerprint density at radius 1 is 0.773 bits per heavy atom. The summed E-state index contributed by atoms with van der Waals surface area (Å²) in [6, 6.07) is 29.4. The van der Waals surface area contributed by atoms with Gasteiger partial charge >= 0.3 is 0 Å². The molecule has 8 nitrogen and oxygen atoms in total. The molecule has 0 spiro atoms. The molecule has 1 aliphatic carbocycles. The van der Waals surface area contributed by atoms with E-state index in [0.717, 1.165) is 17.2 Å². The van der Waals surface area contributed by atoms with Gasteiger partial charge in [-0.2, -0.15) is 0 Å². The van der Waals surface area contributed by atoms with E-state index in [1.165, 1.54) is 18.2 Å². The molecule has 0 saturated heterocycles. The lowest BCUT2D eigenvalue weighted by molar-refractivity contribution is -0.384. The molecule has 2 atom stereocenters. The lowest BCUT2D eigenvalue weighted by Gasteiger charge is -2.32. The van der Waals surface area contributed by atoms with Crippen LogP contribution in [0.2, 0.25) is 5.02 Å². The molecular weight excluding hydrogens is 578 g/mol. The summed E-state index contributed by atoms with van der Waals surface area (Å²) in [6.45, 7) is 0.754. The molecule has 1 aliphatic rings. The first-order valence-corrected chi connectivity index (χ1v) is 14.6. The van der Waals surface area contributed by atoms with Crippen molar-refractivity contribution >= 4 is 40.6 Å². The molecule has 2 amide bonds. The van der Waals surface area contributed by atoms with E-state index < -0.39 is 28.4 Å². The van der Waals surface area contributed by atoms with Crippen LogP contribution in [0.3, 0.4) is 0 Å². The van der Waals surface area contributed by atoms with Crippen LogP contribution >= 0.6 is 11.6 Å². The van der Waals surface area contributed by atoms with Gasteiger partial charge in [0.25, 0.3) is 5.69 Å². The Morgan fingerprint density at radius 2 is 1.34 bits per heavy atom. The van der Waals surface area contributed by atoms with Gasteiger partial charge in [0.2, 0.25) is 11.8 Å². The van der Waals surface area contributed by atoms with E-state index in [-0.39, 0.29) is 33.4 Å². The number of anilines is 1. The third kappa shape index (κ3) is 7.10. The van der Waals surface area contributed by atoms with Crippen LogP contribution in [-0.2, 0) is 22.7 Å². The Bertz CT molecular complexity index is 1670. The lowest BCUT2D eigenvalue weighted by Crippen LogP contribution is -2.42. The standard InChI is InChI=1S/C35H30ClN3O5/c36-31-18-10-9-17-29(31)33(40)30-21-26(39(43)44)19-20-32(30)37-34(41)27-15-7-8-16-28(27)35(42)38(22-24-11-3-1-4-12-24)23-25-13-5-2-6-14-25/h1-14,17-21,27-28H,15-16,22-23H2,(H,37,41). The number of benzene rings is 4. The highest BCUT2D eigenvalue weighted by atomic mass is 35.5. The lowest BCUT2D eigenvalue weighted by atomic mass is 9.81. The van der Waals surface area contributed by atoms with Gasteiger partial charge < -0.3 is 10.2 Å². The first kappa shape index (κ1) is 30.4. The van der Waals surface area contributed by atoms with Crippen LogP contribution in [0.25, 0.3) is 0 Å². The first-order chi connectivity index (χ1) is 21.3. The number of nitro benzene ring substituents is 1. The van der Waals surface area contributed by atoms with Crippen molar-refractivity contribution in [2.24, 2.45) is 11.8 Å². The smallest absolute Gasteiger partial charge is 0.270 e. The number of halogens is 1. The number of nitrogens with one attached hydrogen (secondary N) is 1. The van der Waals surface area contributed by atoms with Crippen LogP contribution in [0.4, 0.5) is 11.4 Å². The largest absolute Gasteiger partial charge is 0.334 e. The minimum absolute atomic E-state index is 0.0651. The summed E-state index contributed by atoms with van der Waals surface area (Å²) in [5.41, 5.74) is 1.83. The van der Waals surface area contributed by atoms with Crippen molar-refractivity contribution in [2.75, 3.05) is 5.32 Å². The SMILES string of the molecule is O=C(c1ccccc1Cl)c1cc([N+](=O)[O-])ccc1NC(=O)C1CC=CCC1C(=O)N(Cc1ccccc1)Cc1ccccc1. The molecular formula is C35H30ClN3O5. The average molecular weight is 608 g/mol. The molecule has 0 bridgehead atoms. The Kier molecular flexibility index (Phi) is 9.62. The van der Waals surface area contributed by atoms with Crippen molar-refractivity contribution in [3.8, 4) is 0 Å². The number of non-ortho nitro benzene ring substituents is 1. The second-order valence-corrected chi connectivity index (χ2v) is 11.0. The topological polar surface area (TPSA) is 110 Å². The second kappa shape index (κ2) is 13.9. The summed E-state index contributed by atoms with van der Waals surface area (Å²) < 4.78 is 0. The zero-order valence-electron chi connectivity index (χ0n) is 23.8. The Hall–Kier alpha value is -5.08. The van der Waals surface area contributed by atoms with Crippen molar-refractivity contribution in [3.05, 3.63) is 153 Å². The molecule has 4 aromatic rings. The van der Waals surface area contributed by atoms with Crippen LogP contribution in [0, 0.1) is 22.0 Å². The van der Waals surface area contributed by atoms with E-state index in [1.807, 2.05) is 72.8 Å². The number of rotatable bonds is 10. The molecule has 0 radical (unpaired) electrons. The fourth-order valence-electron chi connectivity index (χ4n) is 5.39. The second-order valence-electron chi connectivity index (χ2n) is 10.6. The number of carbonyl (C=O) groups is 3. The van der Waals surface area contributed by atoms with E-state index in [0.29, 0.717) is 25.9 Å². The highest BCUT2D eigenvalue weighted by Crippen LogP contribution is 2.32. The maximum atomic E-state index is 14.2. The summed E-state index contributed by atoms with van der Waals surface area (Å²) in [7, 11) is 0. The molecule has 2 unspecified atom stereocenters. The minimum atomic E-state index is -0.722. The van der Waals surface area contributed by atoms with Crippen molar-refractivity contribution < 1.29 is 19.3 Å². The summed E-state index contributed by atoms with van der Waals surface area (Å²) in [4.78, 5) is 54.2. The Balaban J connectivity index is 1.43. The van der Waals surface area contributed by atoms with Crippen molar-refractivity contribution in [3.63, 3.8) is 0 Å². The van der Waals surface area contributed by atoms with E-state index in [1.54, 1.807) is 23.1 Å². The summed E-state index contributed by atoms with van der Waals surface area (Å²) in [5.74, 6) is -2.54. The van der Waals surface area contributed by atoms with Crippen LogP contribution in [0.15, 0.2) is 115 Å². The van der Waals surface area contributed by atoms with Gasteiger partial charge in [-0.05, 0) is 42.2 Å². The monoisotopic (exact) mass is 607 g/mol. The zero-order chi connectivity index (χ0) is 31.1. The molecule has 4 aromatic carbocycles. The predicted molar refractivity (Wildman–Crippen MR) is 169 cm³/mol. The van der Waals surface area contributed by atoms with Gasteiger partial charge in [-0.15, -0.1) is 0 Å². The van der Waals surface area contributed by atoms with Crippen molar-refractivity contribution in [2.45, 2.75) is 25.9 Å². The van der Waals surface area contributed by atoms with Crippen LogP contribution in [-0.4, -0.2) is 27.4 Å². The molecule has 1 N–H and O–H groups in total. The van der Waals surface area contributed by atoms with Crippen molar-refractivity contribution in [1.82, 2.24) is 4.90 Å². The quantitative estimate of drug-likeness (QED) is 0.0885. The number of nitro groups is 1. The molecule has 5 rings (SSSR count). The van der Waals surface area contributed by atoms with E-state index in [4.69, 9.17) is 11.6 Å². The molecule has 222 valence electrons. The van der Waals surface area contributed by atoms with Gasteiger partial charge in [-0.25, -0.2) is 0 Å². The maximum Gasteiger partial charge on any atom is 0.270 e. The number of hydrogen-bond donors (Lipinski definition) is 1. The van der Waals surface area contributed by atoms with E-state index in [9.17, 15) is 24.5 Å². The third-order valence-electron chi connectivity index (χ3n) is 7.67. The van der Waals surface area contributed by atoms with Crippen molar-refractivity contribution in [1.29, 1.82) is 0 Å². The van der Waals surface area contributed by atoms with Crippen LogP contribution in [0.5, 0.6) is 0 Å².